The highest BCUT2D eigenvalue weighted by atomic mass is 16.5. The van der Waals surface area contributed by atoms with Gasteiger partial charge in [0.2, 0.25) is 0 Å². The zero-order valence-corrected chi connectivity index (χ0v) is 9.50. The molecule has 4 heteroatoms. The standard InChI is InChI=1S/C10H19NO3/c1-9(2,3)10(4,6-7-11-13)8(12)14-5/h7,13H,6H2,1-5H3/b11-7-. The fourth-order valence-electron chi connectivity index (χ4n) is 1.14. The van der Waals surface area contributed by atoms with E-state index < -0.39 is 5.41 Å². The predicted octanol–water partition coefficient (Wildman–Crippen LogP) is 2.06. The molecule has 0 amide bonds. The van der Waals surface area contributed by atoms with Crippen molar-refractivity contribution in [3.05, 3.63) is 0 Å². The Hall–Kier alpha value is -1.06. The zero-order chi connectivity index (χ0) is 11.4. The van der Waals surface area contributed by atoms with Gasteiger partial charge in [0.05, 0.1) is 12.5 Å². The highest BCUT2D eigenvalue weighted by Crippen LogP contribution is 2.41. The van der Waals surface area contributed by atoms with Crippen LogP contribution in [-0.2, 0) is 9.53 Å². The molecule has 1 N–H and O–H groups in total. The molecule has 0 spiro atoms. The maximum absolute atomic E-state index is 11.6. The molecule has 1 atom stereocenters. The Bertz CT molecular complexity index is 230. The Morgan fingerprint density at radius 3 is 2.21 bits per heavy atom. The van der Waals surface area contributed by atoms with E-state index in [1.54, 1.807) is 6.92 Å². The molecule has 4 nitrogen and oxygen atoms in total. The summed E-state index contributed by atoms with van der Waals surface area (Å²) in [5.74, 6) is -0.287. The van der Waals surface area contributed by atoms with Gasteiger partial charge in [0.1, 0.15) is 0 Å². The maximum Gasteiger partial charge on any atom is 0.312 e. The Balaban J connectivity index is 4.95. The van der Waals surface area contributed by atoms with Crippen molar-refractivity contribution in [2.24, 2.45) is 16.0 Å². The quantitative estimate of drug-likeness (QED) is 0.329. The molecule has 0 saturated carbocycles. The van der Waals surface area contributed by atoms with Gasteiger partial charge in [-0.3, -0.25) is 4.79 Å². The van der Waals surface area contributed by atoms with Crippen molar-refractivity contribution in [1.29, 1.82) is 0 Å². The lowest BCUT2D eigenvalue weighted by atomic mass is 9.66. The smallest absolute Gasteiger partial charge is 0.312 e. The summed E-state index contributed by atoms with van der Waals surface area (Å²) in [5, 5.41) is 11.3. The number of carbonyl (C=O) groups excluding carboxylic acids is 1. The third-order valence-corrected chi connectivity index (χ3v) is 2.87. The van der Waals surface area contributed by atoms with E-state index in [9.17, 15) is 4.79 Å². The van der Waals surface area contributed by atoms with E-state index in [0.717, 1.165) is 0 Å². The Morgan fingerprint density at radius 2 is 1.93 bits per heavy atom. The minimum atomic E-state index is -0.673. The fourth-order valence-corrected chi connectivity index (χ4v) is 1.14. The van der Waals surface area contributed by atoms with Gasteiger partial charge in [-0.1, -0.05) is 20.8 Å². The number of esters is 1. The van der Waals surface area contributed by atoms with Crippen LogP contribution >= 0.6 is 0 Å². The summed E-state index contributed by atoms with van der Waals surface area (Å²) in [6.45, 7) is 7.67. The summed E-state index contributed by atoms with van der Waals surface area (Å²) in [7, 11) is 1.36. The average Bonchev–Trinajstić information content (AvgIpc) is 2.10. The van der Waals surface area contributed by atoms with E-state index in [2.05, 4.69) is 5.16 Å². The second-order valence-corrected chi connectivity index (χ2v) is 4.58. The number of nitrogens with zero attached hydrogens (tertiary/aromatic N) is 1. The molecular formula is C10H19NO3. The lowest BCUT2D eigenvalue weighted by Gasteiger charge is -2.38. The van der Waals surface area contributed by atoms with E-state index in [1.165, 1.54) is 13.3 Å². The number of hydrogen-bond acceptors (Lipinski definition) is 4. The van der Waals surface area contributed by atoms with Crippen LogP contribution in [0.1, 0.15) is 34.1 Å². The molecule has 0 aliphatic carbocycles. The van der Waals surface area contributed by atoms with Gasteiger partial charge in [-0.15, -0.1) is 5.16 Å². The lowest BCUT2D eigenvalue weighted by Crippen LogP contribution is -2.41. The van der Waals surface area contributed by atoms with Gasteiger partial charge >= 0.3 is 5.97 Å². The Kier molecular flexibility index (Phi) is 4.10. The monoisotopic (exact) mass is 201 g/mol. The molecule has 0 aliphatic rings. The Labute approximate surface area is 84.9 Å². The molecule has 0 fully saturated rings. The lowest BCUT2D eigenvalue weighted by molar-refractivity contribution is -0.157. The molecule has 0 saturated heterocycles. The minimum absolute atomic E-state index is 0.249. The highest BCUT2D eigenvalue weighted by Gasteiger charge is 2.44. The van der Waals surface area contributed by atoms with Crippen molar-refractivity contribution in [2.45, 2.75) is 34.1 Å². The van der Waals surface area contributed by atoms with Crippen LogP contribution in [0.5, 0.6) is 0 Å². The van der Waals surface area contributed by atoms with Crippen LogP contribution in [0, 0.1) is 10.8 Å². The van der Waals surface area contributed by atoms with Crippen molar-refractivity contribution in [2.75, 3.05) is 7.11 Å². The van der Waals surface area contributed by atoms with E-state index in [1.807, 2.05) is 20.8 Å². The SMILES string of the molecule is COC(=O)C(C)(C/C=N\O)C(C)(C)C. The van der Waals surface area contributed by atoms with Crippen LogP contribution in [0.25, 0.3) is 0 Å². The number of carbonyl (C=O) groups is 1. The summed E-state index contributed by atoms with van der Waals surface area (Å²) in [6.07, 6.45) is 1.68. The van der Waals surface area contributed by atoms with Crippen molar-refractivity contribution < 1.29 is 14.7 Å². The predicted molar refractivity (Wildman–Crippen MR) is 54.5 cm³/mol. The molecule has 0 aromatic carbocycles. The number of rotatable bonds is 3. The van der Waals surface area contributed by atoms with Gasteiger partial charge < -0.3 is 9.94 Å². The first kappa shape index (κ1) is 12.9. The Morgan fingerprint density at radius 1 is 1.43 bits per heavy atom. The van der Waals surface area contributed by atoms with Crippen molar-refractivity contribution in [3.8, 4) is 0 Å². The van der Waals surface area contributed by atoms with Crippen LogP contribution in [-0.4, -0.2) is 24.5 Å². The van der Waals surface area contributed by atoms with Gasteiger partial charge in [0.15, 0.2) is 0 Å². The zero-order valence-electron chi connectivity index (χ0n) is 9.50. The molecule has 14 heavy (non-hydrogen) atoms. The van der Waals surface area contributed by atoms with Crippen molar-refractivity contribution in [1.82, 2.24) is 0 Å². The first-order valence-corrected chi connectivity index (χ1v) is 4.54. The summed E-state index contributed by atoms with van der Waals surface area (Å²) in [5.41, 5.74) is -0.921. The van der Waals surface area contributed by atoms with Crippen LogP contribution in [0.2, 0.25) is 0 Å². The third kappa shape index (κ3) is 2.47. The summed E-state index contributed by atoms with van der Waals surface area (Å²) >= 11 is 0. The van der Waals surface area contributed by atoms with Crippen molar-refractivity contribution >= 4 is 12.2 Å². The molecule has 0 bridgehead atoms. The summed E-state index contributed by atoms with van der Waals surface area (Å²) < 4.78 is 4.76. The van der Waals surface area contributed by atoms with Crippen LogP contribution in [0.4, 0.5) is 0 Å². The number of hydrogen-bond donors (Lipinski definition) is 1. The fraction of sp³-hybridized carbons (Fsp3) is 0.800. The van der Waals surface area contributed by atoms with E-state index in [0.29, 0.717) is 6.42 Å². The van der Waals surface area contributed by atoms with Crippen LogP contribution in [0.15, 0.2) is 5.16 Å². The van der Waals surface area contributed by atoms with Gasteiger partial charge in [-0.05, 0) is 12.3 Å². The molecule has 82 valence electrons. The molecular weight excluding hydrogens is 182 g/mol. The number of ether oxygens (including phenoxy) is 1. The second-order valence-electron chi connectivity index (χ2n) is 4.58. The van der Waals surface area contributed by atoms with Gasteiger partial charge in [0.25, 0.3) is 0 Å². The molecule has 0 aromatic rings. The normalized spacial score (nSPS) is 16.6. The summed E-state index contributed by atoms with van der Waals surface area (Å²) in [4.78, 5) is 11.6. The van der Waals surface area contributed by atoms with E-state index in [4.69, 9.17) is 9.94 Å². The summed E-state index contributed by atoms with van der Waals surface area (Å²) in [6, 6.07) is 0. The van der Waals surface area contributed by atoms with Crippen LogP contribution in [0.3, 0.4) is 0 Å². The molecule has 0 radical (unpaired) electrons. The van der Waals surface area contributed by atoms with E-state index in [-0.39, 0.29) is 11.4 Å². The largest absolute Gasteiger partial charge is 0.469 e. The molecule has 0 rings (SSSR count). The molecule has 1 unspecified atom stereocenters. The molecule has 0 aromatic heterocycles. The second kappa shape index (κ2) is 4.44. The number of oxime groups is 1. The molecule has 0 heterocycles. The maximum atomic E-state index is 11.6. The topological polar surface area (TPSA) is 58.9 Å². The van der Waals surface area contributed by atoms with Crippen molar-refractivity contribution in [3.63, 3.8) is 0 Å². The molecule has 0 aliphatic heterocycles. The van der Waals surface area contributed by atoms with Gasteiger partial charge in [0, 0.05) is 12.6 Å². The van der Waals surface area contributed by atoms with Gasteiger partial charge in [-0.2, -0.15) is 0 Å². The minimum Gasteiger partial charge on any atom is -0.469 e. The highest BCUT2D eigenvalue weighted by molar-refractivity contribution is 5.81. The first-order valence-electron chi connectivity index (χ1n) is 4.54. The average molecular weight is 201 g/mol. The third-order valence-electron chi connectivity index (χ3n) is 2.87. The van der Waals surface area contributed by atoms with Gasteiger partial charge in [-0.25, -0.2) is 0 Å². The van der Waals surface area contributed by atoms with E-state index >= 15 is 0 Å². The first-order chi connectivity index (χ1) is 6.29. The van der Waals surface area contributed by atoms with Crippen LogP contribution < -0.4 is 0 Å². The number of methoxy groups -OCH3 is 1.